The molecule has 1 atom stereocenters. The number of aryl methyl sites for hydroxylation is 2. The highest BCUT2D eigenvalue weighted by molar-refractivity contribution is 5.98. The molecule has 0 spiro atoms. The Bertz CT molecular complexity index is 627. The van der Waals surface area contributed by atoms with E-state index in [9.17, 15) is 4.79 Å². The summed E-state index contributed by atoms with van der Waals surface area (Å²) in [7, 11) is 1.84. The minimum atomic E-state index is -0.0212. The maximum absolute atomic E-state index is 12.2. The van der Waals surface area contributed by atoms with Crippen LogP contribution in [0.5, 0.6) is 0 Å². The highest BCUT2D eigenvalue weighted by Gasteiger charge is 2.39. The van der Waals surface area contributed by atoms with Gasteiger partial charge >= 0.3 is 0 Å². The van der Waals surface area contributed by atoms with Crippen molar-refractivity contribution >= 4 is 5.91 Å². The third kappa shape index (κ3) is 1.67. The van der Waals surface area contributed by atoms with E-state index >= 15 is 0 Å². The minimum absolute atomic E-state index is 0.0103. The Labute approximate surface area is 112 Å². The summed E-state index contributed by atoms with van der Waals surface area (Å²) in [6, 6.07) is 8.44. The molecule has 4 heteroatoms. The molecule has 1 N–H and O–H groups in total. The lowest BCUT2D eigenvalue weighted by Crippen LogP contribution is -2.24. The van der Waals surface area contributed by atoms with Gasteiger partial charge in [-0.05, 0) is 24.5 Å². The van der Waals surface area contributed by atoms with Crippen molar-refractivity contribution in [1.82, 2.24) is 15.1 Å². The fourth-order valence-corrected chi connectivity index (χ4v) is 2.74. The van der Waals surface area contributed by atoms with Crippen LogP contribution in [0.3, 0.4) is 0 Å². The molecule has 0 aliphatic carbocycles. The average molecular weight is 255 g/mol. The lowest BCUT2D eigenvalue weighted by atomic mass is 9.98. The third-order valence-corrected chi connectivity index (χ3v) is 3.88. The number of carbonyl (C=O) groups excluding carboxylic acids is 1. The Morgan fingerprint density at radius 3 is 2.63 bits per heavy atom. The van der Waals surface area contributed by atoms with Crippen LogP contribution < -0.4 is 0 Å². The fraction of sp³-hybridized carbons (Fsp3) is 0.333. The SMILES string of the molecule is CCc1ccc(C2c3c(n[nH]c3C)C(=O)N2C)cc1. The van der Waals surface area contributed by atoms with E-state index in [0.29, 0.717) is 5.69 Å². The number of amides is 1. The van der Waals surface area contributed by atoms with E-state index in [-0.39, 0.29) is 11.9 Å². The van der Waals surface area contributed by atoms with Gasteiger partial charge in [0.1, 0.15) is 0 Å². The Kier molecular flexibility index (Phi) is 2.66. The van der Waals surface area contributed by atoms with Crippen molar-refractivity contribution in [1.29, 1.82) is 0 Å². The van der Waals surface area contributed by atoms with Crippen molar-refractivity contribution in [3.63, 3.8) is 0 Å². The molecule has 1 aromatic carbocycles. The van der Waals surface area contributed by atoms with Crippen LogP contribution in [0.15, 0.2) is 24.3 Å². The maximum Gasteiger partial charge on any atom is 0.275 e. The van der Waals surface area contributed by atoms with Gasteiger partial charge in [0.25, 0.3) is 5.91 Å². The second kappa shape index (κ2) is 4.23. The molecule has 2 aromatic rings. The Morgan fingerprint density at radius 1 is 1.32 bits per heavy atom. The van der Waals surface area contributed by atoms with E-state index in [0.717, 1.165) is 23.2 Å². The Morgan fingerprint density at radius 2 is 2.00 bits per heavy atom. The topological polar surface area (TPSA) is 49.0 Å². The highest BCUT2D eigenvalue weighted by Crippen LogP contribution is 2.38. The zero-order valence-corrected chi connectivity index (χ0v) is 11.4. The normalized spacial score (nSPS) is 17.9. The van der Waals surface area contributed by atoms with E-state index in [4.69, 9.17) is 0 Å². The van der Waals surface area contributed by atoms with Gasteiger partial charge in [-0.25, -0.2) is 0 Å². The largest absolute Gasteiger partial charge is 0.329 e. The summed E-state index contributed by atoms with van der Waals surface area (Å²) >= 11 is 0. The predicted octanol–water partition coefficient (Wildman–Crippen LogP) is 2.46. The van der Waals surface area contributed by atoms with Crippen LogP contribution in [-0.2, 0) is 6.42 Å². The quantitative estimate of drug-likeness (QED) is 0.896. The number of nitrogens with zero attached hydrogens (tertiary/aromatic N) is 2. The molecule has 0 radical (unpaired) electrons. The van der Waals surface area contributed by atoms with Crippen LogP contribution in [-0.4, -0.2) is 28.1 Å². The molecule has 0 bridgehead atoms. The van der Waals surface area contributed by atoms with Gasteiger partial charge in [0.05, 0.1) is 6.04 Å². The predicted molar refractivity (Wildman–Crippen MR) is 73.1 cm³/mol. The molecule has 2 heterocycles. The van der Waals surface area contributed by atoms with Gasteiger partial charge in [-0.3, -0.25) is 9.89 Å². The fourth-order valence-electron chi connectivity index (χ4n) is 2.74. The molecule has 1 aromatic heterocycles. The van der Waals surface area contributed by atoms with E-state index < -0.39 is 0 Å². The van der Waals surface area contributed by atoms with Gasteiger partial charge in [-0.1, -0.05) is 31.2 Å². The van der Waals surface area contributed by atoms with Gasteiger partial charge in [0, 0.05) is 18.3 Å². The summed E-state index contributed by atoms with van der Waals surface area (Å²) in [6.07, 6.45) is 1.02. The van der Waals surface area contributed by atoms with Crippen LogP contribution in [0.1, 0.15) is 45.8 Å². The van der Waals surface area contributed by atoms with E-state index in [2.05, 4.69) is 41.4 Å². The Hall–Kier alpha value is -2.10. The van der Waals surface area contributed by atoms with Crippen molar-refractivity contribution in [3.8, 4) is 0 Å². The number of benzene rings is 1. The first-order valence-electron chi connectivity index (χ1n) is 6.54. The summed E-state index contributed by atoms with van der Waals surface area (Å²) in [6.45, 7) is 4.10. The van der Waals surface area contributed by atoms with Gasteiger partial charge < -0.3 is 4.90 Å². The number of hydrogen-bond donors (Lipinski definition) is 1. The number of hydrogen-bond acceptors (Lipinski definition) is 2. The van der Waals surface area contributed by atoms with Gasteiger partial charge in [-0.15, -0.1) is 0 Å². The van der Waals surface area contributed by atoms with Crippen molar-refractivity contribution < 1.29 is 4.79 Å². The van der Waals surface area contributed by atoms with Crippen LogP contribution in [0.25, 0.3) is 0 Å². The molecule has 3 rings (SSSR count). The first kappa shape index (κ1) is 12.0. The second-order valence-electron chi connectivity index (χ2n) is 5.02. The molecule has 98 valence electrons. The first-order valence-corrected chi connectivity index (χ1v) is 6.54. The smallest absolute Gasteiger partial charge is 0.275 e. The van der Waals surface area contributed by atoms with Gasteiger partial charge in [0.15, 0.2) is 5.69 Å². The molecule has 1 aliphatic rings. The number of aromatic nitrogens is 2. The lowest BCUT2D eigenvalue weighted by Gasteiger charge is -2.21. The maximum atomic E-state index is 12.2. The van der Waals surface area contributed by atoms with Crippen LogP contribution in [0.4, 0.5) is 0 Å². The molecule has 19 heavy (non-hydrogen) atoms. The number of H-pyrrole nitrogens is 1. The van der Waals surface area contributed by atoms with E-state index in [1.54, 1.807) is 4.90 Å². The van der Waals surface area contributed by atoms with E-state index in [1.165, 1.54) is 5.56 Å². The van der Waals surface area contributed by atoms with Crippen LogP contribution >= 0.6 is 0 Å². The molecule has 1 aliphatic heterocycles. The summed E-state index contributed by atoms with van der Waals surface area (Å²) in [5.41, 5.74) is 4.98. The summed E-state index contributed by atoms with van der Waals surface area (Å²) < 4.78 is 0. The number of rotatable bonds is 2. The van der Waals surface area contributed by atoms with Crippen LogP contribution in [0, 0.1) is 6.92 Å². The molecular formula is C15H17N3O. The van der Waals surface area contributed by atoms with Gasteiger partial charge in [0.2, 0.25) is 0 Å². The first-order chi connectivity index (χ1) is 9.13. The number of carbonyl (C=O) groups is 1. The van der Waals surface area contributed by atoms with Crippen molar-refractivity contribution in [2.24, 2.45) is 0 Å². The molecule has 1 amide bonds. The van der Waals surface area contributed by atoms with Crippen molar-refractivity contribution in [2.75, 3.05) is 7.05 Å². The molecule has 1 unspecified atom stereocenters. The molecule has 0 saturated heterocycles. The number of aromatic amines is 1. The average Bonchev–Trinajstić information content (AvgIpc) is 2.92. The zero-order valence-electron chi connectivity index (χ0n) is 11.4. The molecule has 4 nitrogen and oxygen atoms in total. The lowest BCUT2D eigenvalue weighted by molar-refractivity contribution is 0.0787. The molecule has 0 fully saturated rings. The zero-order chi connectivity index (χ0) is 13.6. The van der Waals surface area contributed by atoms with Crippen molar-refractivity contribution in [3.05, 3.63) is 52.3 Å². The summed E-state index contributed by atoms with van der Waals surface area (Å²) in [5, 5.41) is 7.04. The highest BCUT2D eigenvalue weighted by atomic mass is 16.2. The van der Waals surface area contributed by atoms with E-state index in [1.807, 2.05) is 14.0 Å². The van der Waals surface area contributed by atoms with Crippen LogP contribution in [0.2, 0.25) is 0 Å². The monoisotopic (exact) mass is 255 g/mol. The van der Waals surface area contributed by atoms with Crippen molar-refractivity contribution in [2.45, 2.75) is 26.3 Å². The summed E-state index contributed by atoms with van der Waals surface area (Å²) in [4.78, 5) is 13.9. The standard InChI is InChI=1S/C15H17N3O/c1-4-10-5-7-11(8-6-10)14-12-9(2)16-17-13(12)15(19)18(14)3/h5-8,14H,4H2,1-3H3,(H,16,17). The second-order valence-corrected chi connectivity index (χ2v) is 5.02. The number of fused-ring (bicyclic) bond motifs is 1. The number of nitrogens with one attached hydrogen (secondary N) is 1. The molecular weight excluding hydrogens is 238 g/mol. The Balaban J connectivity index is 2.08. The molecule has 0 saturated carbocycles. The summed E-state index contributed by atoms with van der Waals surface area (Å²) in [5.74, 6) is -0.0103. The van der Waals surface area contributed by atoms with Gasteiger partial charge in [-0.2, -0.15) is 5.10 Å². The third-order valence-electron chi connectivity index (χ3n) is 3.88. The minimum Gasteiger partial charge on any atom is -0.329 e.